The van der Waals surface area contributed by atoms with Gasteiger partial charge in [0.2, 0.25) is 5.92 Å². The van der Waals surface area contributed by atoms with Crippen molar-refractivity contribution in [2.75, 3.05) is 20.2 Å². The van der Waals surface area contributed by atoms with Crippen molar-refractivity contribution in [1.29, 1.82) is 0 Å². The SMILES string of the molecule is COc1ccc2nccc([C@H](OC(C)=O)[C@H]3CC[C@@H]4CN3C[C@H]4C(C)(F)F)c2c1.Cl.Cl. The number of fused-ring (bicyclic) bond motifs is 3. The normalized spacial score (nSPS) is 25.8. The van der Waals surface area contributed by atoms with Gasteiger partial charge in [-0.25, -0.2) is 8.78 Å². The summed E-state index contributed by atoms with van der Waals surface area (Å²) >= 11 is 0. The van der Waals surface area contributed by atoms with E-state index in [1.54, 1.807) is 13.3 Å². The van der Waals surface area contributed by atoms with Crippen LogP contribution in [-0.4, -0.2) is 48.0 Å². The van der Waals surface area contributed by atoms with Crippen molar-refractivity contribution in [3.63, 3.8) is 0 Å². The molecule has 3 heterocycles. The number of nitrogens with zero attached hydrogens (tertiary/aromatic N) is 2. The summed E-state index contributed by atoms with van der Waals surface area (Å²) in [7, 11) is 1.59. The van der Waals surface area contributed by atoms with Crippen molar-refractivity contribution in [2.45, 2.75) is 44.8 Å². The number of methoxy groups -OCH3 is 1. The minimum Gasteiger partial charge on any atom is -0.497 e. The average molecular weight is 477 g/mol. The summed E-state index contributed by atoms with van der Waals surface area (Å²) in [6.45, 7) is 3.34. The van der Waals surface area contributed by atoms with Crippen molar-refractivity contribution in [3.05, 3.63) is 36.0 Å². The van der Waals surface area contributed by atoms with E-state index in [1.165, 1.54) is 6.92 Å². The first-order chi connectivity index (χ1) is 13.8. The molecule has 5 atom stereocenters. The van der Waals surface area contributed by atoms with Crippen LogP contribution in [0.2, 0.25) is 0 Å². The van der Waals surface area contributed by atoms with Crippen molar-refractivity contribution >= 4 is 41.7 Å². The smallest absolute Gasteiger partial charge is 0.303 e. The highest BCUT2D eigenvalue weighted by molar-refractivity contribution is 5.86. The van der Waals surface area contributed by atoms with Gasteiger partial charge in [-0.3, -0.25) is 14.7 Å². The highest BCUT2D eigenvalue weighted by Crippen LogP contribution is 2.46. The number of carbonyl (C=O) groups is 1. The molecule has 31 heavy (non-hydrogen) atoms. The summed E-state index contributed by atoms with van der Waals surface area (Å²) in [6.07, 6.45) is 2.57. The Hall–Kier alpha value is -1.70. The highest BCUT2D eigenvalue weighted by atomic mass is 35.5. The van der Waals surface area contributed by atoms with Crippen LogP contribution in [0.15, 0.2) is 30.5 Å². The third kappa shape index (κ3) is 5.04. The Bertz CT molecular complexity index is 925. The van der Waals surface area contributed by atoms with Crippen LogP contribution >= 0.6 is 24.8 Å². The maximum atomic E-state index is 14.1. The Labute approximate surface area is 193 Å². The van der Waals surface area contributed by atoms with E-state index >= 15 is 0 Å². The van der Waals surface area contributed by atoms with Crippen LogP contribution in [0.1, 0.15) is 38.4 Å². The van der Waals surface area contributed by atoms with E-state index in [-0.39, 0.29) is 42.7 Å². The second kappa shape index (κ2) is 9.84. The minimum atomic E-state index is -2.71. The van der Waals surface area contributed by atoms with E-state index in [0.717, 1.165) is 23.4 Å². The molecule has 2 aromatic rings. The van der Waals surface area contributed by atoms with Crippen LogP contribution in [0.4, 0.5) is 8.78 Å². The zero-order valence-corrected chi connectivity index (χ0v) is 19.3. The molecule has 0 aliphatic carbocycles. The second-order valence-electron chi connectivity index (χ2n) is 8.23. The van der Waals surface area contributed by atoms with Gasteiger partial charge in [0.25, 0.3) is 0 Å². The fourth-order valence-electron chi connectivity index (χ4n) is 5.00. The molecule has 0 N–H and O–H groups in total. The number of pyridine rings is 1. The molecular weight excluding hydrogens is 449 g/mol. The van der Waals surface area contributed by atoms with Gasteiger partial charge in [0.05, 0.1) is 18.7 Å². The molecule has 0 spiro atoms. The number of carbonyl (C=O) groups excluding carboxylic acids is 1. The Kier molecular flexibility index (Phi) is 8.11. The van der Waals surface area contributed by atoms with Crippen LogP contribution in [0.5, 0.6) is 5.75 Å². The number of ether oxygens (including phenoxy) is 2. The summed E-state index contributed by atoms with van der Waals surface area (Å²) in [4.78, 5) is 18.4. The van der Waals surface area contributed by atoms with Crippen LogP contribution in [0.3, 0.4) is 0 Å². The third-order valence-electron chi connectivity index (χ3n) is 6.35. The fraction of sp³-hybridized carbons (Fsp3) is 0.545. The molecule has 2 bridgehead atoms. The molecule has 4 rings (SSSR count). The summed E-state index contributed by atoms with van der Waals surface area (Å²) in [5.74, 6) is -3.08. The Morgan fingerprint density at radius 3 is 2.61 bits per heavy atom. The van der Waals surface area contributed by atoms with Gasteiger partial charge in [-0.05, 0) is 49.9 Å². The van der Waals surface area contributed by atoms with E-state index in [4.69, 9.17) is 9.47 Å². The maximum Gasteiger partial charge on any atom is 0.303 e. The van der Waals surface area contributed by atoms with Crippen molar-refractivity contribution < 1.29 is 23.0 Å². The molecule has 2 saturated heterocycles. The van der Waals surface area contributed by atoms with Gasteiger partial charge in [-0.2, -0.15) is 0 Å². The lowest BCUT2D eigenvalue weighted by atomic mass is 9.84. The predicted molar refractivity (Wildman–Crippen MR) is 119 cm³/mol. The molecule has 0 amide bonds. The maximum absolute atomic E-state index is 14.1. The van der Waals surface area contributed by atoms with Crippen molar-refractivity contribution in [3.8, 4) is 5.75 Å². The first-order valence-corrected chi connectivity index (χ1v) is 9.99. The van der Waals surface area contributed by atoms with Gasteiger partial charge in [-0.1, -0.05) is 0 Å². The number of esters is 1. The first kappa shape index (κ1) is 25.6. The summed E-state index contributed by atoms with van der Waals surface area (Å²) in [6, 6.07) is 7.29. The van der Waals surface area contributed by atoms with E-state index in [2.05, 4.69) is 9.88 Å². The molecule has 1 unspecified atom stereocenters. The van der Waals surface area contributed by atoms with Crippen LogP contribution in [-0.2, 0) is 9.53 Å². The molecule has 172 valence electrons. The molecule has 2 fully saturated rings. The number of benzene rings is 1. The number of halogens is 4. The number of alkyl halides is 2. The molecule has 0 saturated carbocycles. The average Bonchev–Trinajstić information content (AvgIpc) is 3.02. The highest BCUT2D eigenvalue weighted by Gasteiger charge is 2.51. The quantitative estimate of drug-likeness (QED) is 0.564. The fourth-order valence-corrected chi connectivity index (χ4v) is 5.00. The molecule has 2 aliphatic heterocycles. The van der Waals surface area contributed by atoms with E-state index in [0.29, 0.717) is 31.7 Å². The molecule has 0 radical (unpaired) electrons. The zero-order valence-electron chi connectivity index (χ0n) is 17.7. The lowest BCUT2D eigenvalue weighted by Crippen LogP contribution is -2.42. The lowest BCUT2D eigenvalue weighted by molar-refractivity contribution is -0.151. The predicted octanol–water partition coefficient (Wildman–Crippen LogP) is 5.06. The van der Waals surface area contributed by atoms with E-state index in [9.17, 15) is 13.6 Å². The number of hydrogen-bond donors (Lipinski definition) is 0. The molecule has 1 aromatic heterocycles. The largest absolute Gasteiger partial charge is 0.497 e. The topological polar surface area (TPSA) is 51.7 Å². The third-order valence-corrected chi connectivity index (χ3v) is 6.35. The van der Waals surface area contributed by atoms with Gasteiger partial charge >= 0.3 is 5.97 Å². The molecule has 9 heteroatoms. The zero-order chi connectivity index (χ0) is 20.8. The number of aromatic nitrogens is 1. The summed E-state index contributed by atoms with van der Waals surface area (Å²) < 4.78 is 39.3. The molecule has 5 nitrogen and oxygen atoms in total. The molecule has 1 aromatic carbocycles. The van der Waals surface area contributed by atoms with Crippen LogP contribution in [0, 0.1) is 11.8 Å². The van der Waals surface area contributed by atoms with Gasteiger partial charge in [0.15, 0.2) is 0 Å². The van der Waals surface area contributed by atoms with E-state index < -0.39 is 17.9 Å². The monoisotopic (exact) mass is 476 g/mol. The van der Waals surface area contributed by atoms with E-state index in [1.807, 2.05) is 24.3 Å². The van der Waals surface area contributed by atoms with Gasteiger partial charge in [0, 0.05) is 43.1 Å². The lowest BCUT2D eigenvalue weighted by Gasteiger charge is -2.37. The van der Waals surface area contributed by atoms with Crippen molar-refractivity contribution in [2.24, 2.45) is 11.8 Å². The van der Waals surface area contributed by atoms with Gasteiger partial charge in [0.1, 0.15) is 11.9 Å². The second-order valence-corrected chi connectivity index (χ2v) is 8.23. The summed E-state index contributed by atoms with van der Waals surface area (Å²) in [5, 5.41) is 0.844. The standard InChI is InChI=1S/C22H26F2N2O3.2ClH/c1-13(27)29-21(16-8-9-25-19-6-5-15(28-3)10-17(16)19)20-7-4-14-11-26(20)12-18(14)22(2,23)24;;/h5-6,8-10,14,18,20-21H,4,7,11-12H2,1-3H3;2*1H/t14-,18-,20-,21+;;/m1../s1. The number of rotatable bonds is 5. The Balaban J connectivity index is 0.00000171. The van der Waals surface area contributed by atoms with Gasteiger partial charge < -0.3 is 9.47 Å². The van der Waals surface area contributed by atoms with Crippen LogP contribution < -0.4 is 4.74 Å². The number of piperidine rings is 1. The summed E-state index contributed by atoms with van der Waals surface area (Å²) in [5.41, 5.74) is 1.60. The van der Waals surface area contributed by atoms with Gasteiger partial charge in [-0.15, -0.1) is 24.8 Å². The Morgan fingerprint density at radius 2 is 1.97 bits per heavy atom. The minimum absolute atomic E-state index is 0. The Morgan fingerprint density at radius 1 is 1.23 bits per heavy atom. The first-order valence-electron chi connectivity index (χ1n) is 9.99. The van der Waals surface area contributed by atoms with Crippen molar-refractivity contribution in [1.82, 2.24) is 9.88 Å². The molecular formula is C22H28Cl2F2N2O3. The number of hydrogen-bond acceptors (Lipinski definition) is 5. The molecule has 2 aliphatic rings. The van der Waals surface area contributed by atoms with Crippen LogP contribution in [0.25, 0.3) is 10.9 Å².